The van der Waals surface area contributed by atoms with E-state index < -0.39 is 0 Å². The van der Waals surface area contributed by atoms with Gasteiger partial charge >= 0.3 is 0 Å². The van der Waals surface area contributed by atoms with Crippen molar-refractivity contribution in [2.24, 2.45) is 0 Å². The molecule has 0 radical (unpaired) electrons. The van der Waals surface area contributed by atoms with E-state index in [4.69, 9.17) is 5.53 Å². The fourth-order valence-electron chi connectivity index (χ4n) is 0.316. The molecule has 58 valence electrons. The molecule has 0 bridgehead atoms. The van der Waals surface area contributed by atoms with E-state index in [1.807, 2.05) is 6.92 Å². The highest BCUT2D eigenvalue weighted by Crippen LogP contribution is 1.81. The van der Waals surface area contributed by atoms with Gasteiger partial charge in [0.05, 0.1) is 0 Å². The molecular weight excluding hydrogens is 130 g/mol. The average molecular weight is 143 g/mol. The van der Waals surface area contributed by atoms with Crippen molar-refractivity contribution < 1.29 is 9.58 Å². The van der Waals surface area contributed by atoms with Crippen molar-refractivity contribution in [2.45, 2.75) is 13.3 Å². The summed E-state index contributed by atoms with van der Waals surface area (Å²) < 4.78 is 0. The number of hydrogen-bond acceptors (Lipinski definition) is 1. The maximum absolute atomic E-state index is 10.4. The van der Waals surface area contributed by atoms with Gasteiger partial charge in [0.15, 0.2) is 0 Å². The van der Waals surface area contributed by atoms with Crippen molar-refractivity contribution in [2.75, 3.05) is 14.1 Å². The van der Waals surface area contributed by atoms with Gasteiger partial charge in [0, 0.05) is 20.5 Å². The first kappa shape index (κ1) is 11.6. The first-order chi connectivity index (χ1) is 4.59. The van der Waals surface area contributed by atoms with Crippen LogP contribution in [0.15, 0.2) is 0 Å². The predicted molar refractivity (Wildman–Crippen MR) is 39.7 cm³/mol. The SMILES string of the molecule is C=[N+]=[N-].CCC(=O)N(C)C. The Morgan fingerprint density at radius 2 is 2.00 bits per heavy atom. The minimum atomic E-state index is 0.181. The minimum absolute atomic E-state index is 0.181. The zero-order valence-electron chi connectivity index (χ0n) is 6.66. The van der Waals surface area contributed by atoms with Crippen LogP contribution in [0.4, 0.5) is 0 Å². The zero-order valence-corrected chi connectivity index (χ0v) is 6.66. The summed E-state index contributed by atoms with van der Waals surface area (Å²) in [4.78, 5) is 14.3. The maximum Gasteiger partial charge on any atom is 0.245 e. The van der Waals surface area contributed by atoms with Crippen LogP contribution in [0.3, 0.4) is 0 Å². The highest BCUT2D eigenvalue weighted by Gasteiger charge is 1.95. The topological polar surface area (TPSA) is 56.7 Å². The van der Waals surface area contributed by atoms with Crippen molar-refractivity contribution in [3.63, 3.8) is 0 Å². The summed E-state index contributed by atoms with van der Waals surface area (Å²) in [6.45, 7) is 4.52. The van der Waals surface area contributed by atoms with Gasteiger partial charge in [-0.1, -0.05) is 6.92 Å². The molecule has 4 nitrogen and oxygen atoms in total. The zero-order chi connectivity index (χ0) is 8.57. The van der Waals surface area contributed by atoms with Crippen LogP contribution < -0.4 is 0 Å². The second-order valence-electron chi connectivity index (χ2n) is 1.78. The number of carbonyl (C=O) groups excluding carboxylic acids is 1. The minimum Gasteiger partial charge on any atom is -0.362 e. The van der Waals surface area contributed by atoms with Crippen molar-refractivity contribution in [3.8, 4) is 0 Å². The van der Waals surface area contributed by atoms with E-state index in [2.05, 4.69) is 11.5 Å². The van der Waals surface area contributed by atoms with Gasteiger partial charge in [0.25, 0.3) is 0 Å². The van der Waals surface area contributed by atoms with Crippen LogP contribution in [0.25, 0.3) is 5.53 Å². The van der Waals surface area contributed by atoms with Crippen LogP contribution in [-0.4, -0.2) is 36.4 Å². The molecule has 1 amide bonds. The van der Waals surface area contributed by atoms with Gasteiger partial charge in [0.2, 0.25) is 12.6 Å². The second kappa shape index (κ2) is 7.85. The van der Waals surface area contributed by atoms with Crippen molar-refractivity contribution in [3.05, 3.63) is 5.53 Å². The third-order valence-corrected chi connectivity index (χ3v) is 0.801. The molecule has 0 aromatic carbocycles. The largest absolute Gasteiger partial charge is 0.362 e. The van der Waals surface area contributed by atoms with Crippen LogP contribution in [-0.2, 0) is 4.79 Å². The monoisotopic (exact) mass is 143 g/mol. The summed E-state index contributed by atoms with van der Waals surface area (Å²) in [6, 6.07) is 0. The smallest absolute Gasteiger partial charge is 0.245 e. The van der Waals surface area contributed by atoms with E-state index in [0.717, 1.165) is 0 Å². The molecule has 0 heterocycles. The van der Waals surface area contributed by atoms with Crippen molar-refractivity contribution in [1.82, 2.24) is 4.90 Å². The molecule has 0 unspecified atom stereocenters. The van der Waals surface area contributed by atoms with Gasteiger partial charge < -0.3 is 10.4 Å². The fourth-order valence-corrected chi connectivity index (χ4v) is 0.316. The van der Waals surface area contributed by atoms with Crippen LogP contribution in [0.1, 0.15) is 13.3 Å². The molecule has 0 aromatic heterocycles. The molecule has 0 spiro atoms. The molecule has 0 aliphatic carbocycles. The van der Waals surface area contributed by atoms with Crippen LogP contribution >= 0.6 is 0 Å². The first-order valence-electron chi connectivity index (χ1n) is 2.90. The summed E-state index contributed by atoms with van der Waals surface area (Å²) in [7, 11) is 3.51. The van der Waals surface area contributed by atoms with E-state index >= 15 is 0 Å². The van der Waals surface area contributed by atoms with Crippen LogP contribution in [0, 0.1) is 0 Å². The van der Waals surface area contributed by atoms with E-state index in [1.165, 1.54) is 0 Å². The maximum atomic E-state index is 10.4. The van der Waals surface area contributed by atoms with E-state index in [-0.39, 0.29) is 5.91 Å². The van der Waals surface area contributed by atoms with Gasteiger partial charge in [-0.2, -0.15) is 4.79 Å². The van der Waals surface area contributed by atoms with Gasteiger partial charge in [-0.25, -0.2) is 0 Å². The lowest BCUT2D eigenvalue weighted by atomic mass is 10.4. The molecule has 0 rings (SSSR count). The number of carbonyl (C=O) groups is 1. The van der Waals surface area contributed by atoms with Crippen LogP contribution in [0.5, 0.6) is 0 Å². The lowest BCUT2D eigenvalue weighted by molar-refractivity contribution is -0.128. The normalized spacial score (nSPS) is 6.70. The van der Waals surface area contributed by atoms with Gasteiger partial charge in [-0.15, -0.1) is 0 Å². The molecule has 0 saturated heterocycles. The molecule has 0 saturated carbocycles. The molecule has 0 aliphatic rings. The summed E-state index contributed by atoms with van der Waals surface area (Å²) in [6.07, 6.45) is 0.604. The molecule has 0 N–H and O–H groups in total. The Bertz CT molecular complexity index is 125. The lowest BCUT2D eigenvalue weighted by Gasteiger charge is -2.05. The molecular formula is C6H13N3O. The Balaban J connectivity index is 0. The van der Waals surface area contributed by atoms with E-state index in [1.54, 1.807) is 19.0 Å². The molecule has 10 heavy (non-hydrogen) atoms. The average Bonchev–Trinajstić information content (AvgIpc) is 1.88. The second-order valence-corrected chi connectivity index (χ2v) is 1.78. The highest BCUT2D eigenvalue weighted by atomic mass is 16.2. The Labute approximate surface area is 61.1 Å². The summed E-state index contributed by atoms with van der Waals surface area (Å²) in [5, 5.41) is 0. The van der Waals surface area contributed by atoms with Crippen LogP contribution in [0.2, 0.25) is 0 Å². The Kier molecular flexibility index (Phi) is 9.12. The van der Waals surface area contributed by atoms with Gasteiger partial charge in [-0.05, 0) is 0 Å². The quantitative estimate of drug-likeness (QED) is 0.298. The summed E-state index contributed by atoms with van der Waals surface area (Å²) in [5.74, 6) is 0.181. The van der Waals surface area contributed by atoms with Crippen molar-refractivity contribution >= 4 is 12.6 Å². The van der Waals surface area contributed by atoms with Gasteiger partial charge in [0.1, 0.15) is 0 Å². The number of amides is 1. The summed E-state index contributed by atoms with van der Waals surface area (Å²) in [5.41, 5.74) is 7.08. The fraction of sp³-hybridized carbons (Fsp3) is 0.667. The third-order valence-electron chi connectivity index (χ3n) is 0.801. The molecule has 0 atom stereocenters. The third kappa shape index (κ3) is 9.97. The Hall–Kier alpha value is -1.15. The predicted octanol–water partition coefficient (Wildman–Crippen LogP) is 0.401. The molecule has 0 aromatic rings. The van der Waals surface area contributed by atoms with E-state index in [0.29, 0.717) is 6.42 Å². The molecule has 0 aliphatic heterocycles. The Morgan fingerprint density at radius 3 is 2.00 bits per heavy atom. The molecule has 4 heteroatoms. The standard InChI is InChI=1S/C5H11NO.CH2N2/c1-4-5(7)6(2)3;1-3-2/h4H2,1-3H3;1H2. The number of nitrogens with zero attached hydrogens (tertiary/aromatic N) is 3. The first-order valence-corrected chi connectivity index (χ1v) is 2.90. The van der Waals surface area contributed by atoms with Gasteiger partial charge in [-0.3, -0.25) is 4.79 Å². The lowest BCUT2D eigenvalue weighted by Crippen LogP contribution is -2.19. The summed E-state index contributed by atoms with van der Waals surface area (Å²) >= 11 is 0. The molecule has 0 fully saturated rings. The Morgan fingerprint density at radius 1 is 1.70 bits per heavy atom. The highest BCUT2D eigenvalue weighted by molar-refractivity contribution is 5.75. The van der Waals surface area contributed by atoms with Crippen molar-refractivity contribution in [1.29, 1.82) is 0 Å². The number of rotatable bonds is 1. The number of hydrogen-bond donors (Lipinski definition) is 0. The van der Waals surface area contributed by atoms with E-state index in [9.17, 15) is 4.79 Å².